The molecule has 0 fully saturated rings. The number of hydrogen-bond donors (Lipinski definition) is 1. The average Bonchev–Trinajstić information content (AvgIpc) is 2.83. The second kappa shape index (κ2) is 6.43. The van der Waals surface area contributed by atoms with Crippen LogP contribution in [0.5, 0.6) is 0 Å². The highest BCUT2D eigenvalue weighted by Gasteiger charge is 2.00. The minimum Gasteiger partial charge on any atom is -0.379 e. The number of anilines is 1. The minimum atomic E-state index is 0.867. The summed E-state index contributed by atoms with van der Waals surface area (Å²) in [5, 5.41) is 3.50. The molecular formula is C16H23N3. The van der Waals surface area contributed by atoms with Crippen molar-refractivity contribution in [1.29, 1.82) is 0 Å². The van der Waals surface area contributed by atoms with Crippen LogP contribution in [-0.4, -0.2) is 23.6 Å². The molecule has 1 aromatic heterocycles. The summed E-state index contributed by atoms with van der Waals surface area (Å²) in [6.45, 7) is 5.03. The van der Waals surface area contributed by atoms with Crippen LogP contribution in [-0.2, 0) is 19.6 Å². The van der Waals surface area contributed by atoms with Gasteiger partial charge in [0.15, 0.2) is 0 Å². The number of nitrogens with zero attached hydrogens (tertiary/aromatic N) is 2. The summed E-state index contributed by atoms with van der Waals surface area (Å²) in [6.07, 6.45) is 2.12. The second-order valence-corrected chi connectivity index (χ2v) is 5.08. The van der Waals surface area contributed by atoms with Crippen LogP contribution in [0.4, 0.5) is 5.69 Å². The van der Waals surface area contributed by atoms with Gasteiger partial charge in [0.2, 0.25) is 0 Å². The quantitative estimate of drug-likeness (QED) is 0.857. The van der Waals surface area contributed by atoms with Gasteiger partial charge in [0.1, 0.15) is 0 Å². The molecule has 0 saturated carbocycles. The van der Waals surface area contributed by atoms with E-state index in [-0.39, 0.29) is 0 Å². The van der Waals surface area contributed by atoms with E-state index in [0.717, 1.165) is 19.6 Å². The van der Waals surface area contributed by atoms with Gasteiger partial charge in [-0.3, -0.25) is 0 Å². The van der Waals surface area contributed by atoms with Crippen LogP contribution in [0.1, 0.15) is 18.2 Å². The van der Waals surface area contributed by atoms with Crippen LogP contribution in [0.15, 0.2) is 42.6 Å². The molecule has 0 bridgehead atoms. The largest absolute Gasteiger partial charge is 0.379 e. The minimum absolute atomic E-state index is 0.867. The molecule has 0 aliphatic rings. The number of aromatic nitrogens is 1. The van der Waals surface area contributed by atoms with Crippen molar-refractivity contribution in [3.8, 4) is 0 Å². The lowest BCUT2D eigenvalue weighted by Crippen LogP contribution is -2.11. The van der Waals surface area contributed by atoms with Crippen LogP contribution < -0.4 is 5.32 Å². The summed E-state index contributed by atoms with van der Waals surface area (Å²) >= 11 is 0. The molecule has 1 heterocycles. The van der Waals surface area contributed by atoms with Crippen molar-refractivity contribution in [3.63, 3.8) is 0 Å². The molecule has 3 heteroatoms. The highest BCUT2D eigenvalue weighted by molar-refractivity contribution is 5.46. The van der Waals surface area contributed by atoms with Crippen molar-refractivity contribution in [3.05, 3.63) is 53.9 Å². The van der Waals surface area contributed by atoms with Gasteiger partial charge < -0.3 is 14.8 Å². The maximum atomic E-state index is 3.50. The first-order valence-corrected chi connectivity index (χ1v) is 6.80. The molecule has 0 saturated heterocycles. The lowest BCUT2D eigenvalue weighted by molar-refractivity contribution is 0.402. The fourth-order valence-corrected chi connectivity index (χ4v) is 2.26. The molecule has 0 aliphatic heterocycles. The first kappa shape index (κ1) is 13.7. The number of aryl methyl sites for hydroxylation is 1. The van der Waals surface area contributed by atoms with Crippen molar-refractivity contribution < 1.29 is 0 Å². The molecule has 19 heavy (non-hydrogen) atoms. The van der Waals surface area contributed by atoms with Gasteiger partial charge >= 0.3 is 0 Å². The Bertz CT molecular complexity index is 514. The van der Waals surface area contributed by atoms with Gasteiger partial charge in [-0.1, -0.05) is 12.1 Å². The number of benzene rings is 1. The van der Waals surface area contributed by atoms with Crippen LogP contribution in [0.2, 0.25) is 0 Å². The Hall–Kier alpha value is -1.74. The van der Waals surface area contributed by atoms with E-state index >= 15 is 0 Å². The fourth-order valence-electron chi connectivity index (χ4n) is 2.26. The van der Waals surface area contributed by atoms with Crippen LogP contribution in [0, 0.1) is 0 Å². The summed E-state index contributed by atoms with van der Waals surface area (Å²) in [5.74, 6) is 0. The summed E-state index contributed by atoms with van der Waals surface area (Å²) in [5.41, 5.74) is 3.84. The van der Waals surface area contributed by atoms with Gasteiger partial charge in [-0.05, 0) is 50.8 Å². The Morgan fingerprint density at radius 1 is 1.16 bits per heavy atom. The average molecular weight is 257 g/mol. The van der Waals surface area contributed by atoms with E-state index in [1.807, 2.05) is 0 Å². The SMILES string of the molecule is CCn1cccc1CNc1cccc(CN(C)C)c1. The monoisotopic (exact) mass is 257 g/mol. The van der Waals surface area contributed by atoms with E-state index in [1.54, 1.807) is 0 Å². The third-order valence-corrected chi connectivity index (χ3v) is 3.16. The third kappa shape index (κ3) is 3.86. The standard InChI is InChI=1S/C16H23N3/c1-4-19-10-6-9-16(19)12-17-15-8-5-7-14(11-15)13-18(2)3/h5-11,17H,4,12-13H2,1-3H3. The Labute approximate surface area is 115 Å². The maximum absolute atomic E-state index is 3.50. The van der Waals surface area contributed by atoms with E-state index in [1.165, 1.54) is 16.9 Å². The summed E-state index contributed by atoms with van der Waals surface area (Å²) in [6, 6.07) is 12.9. The van der Waals surface area contributed by atoms with E-state index in [2.05, 4.69) is 78.4 Å². The third-order valence-electron chi connectivity index (χ3n) is 3.16. The van der Waals surface area contributed by atoms with Gasteiger partial charge in [0.05, 0.1) is 6.54 Å². The molecule has 2 aromatic rings. The normalized spacial score (nSPS) is 10.9. The smallest absolute Gasteiger partial charge is 0.0553 e. The zero-order valence-electron chi connectivity index (χ0n) is 12.1. The molecule has 3 nitrogen and oxygen atoms in total. The zero-order chi connectivity index (χ0) is 13.7. The van der Waals surface area contributed by atoms with E-state index in [9.17, 15) is 0 Å². The lowest BCUT2D eigenvalue weighted by Gasteiger charge is -2.13. The van der Waals surface area contributed by atoms with Gasteiger partial charge in [-0.2, -0.15) is 0 Å². The van der Waals surface area contributed by atoms with Gasteiger partial charge in [0.25, 0.3) is 0 Å². The Morgan fingerprint density at radius 2 is 2.00 bits per heavy atom. The van der Waals surface area contributed by atoms with E-state index < -0.39 is 0 Å². The first-order chi connectivity index (χ1) is 9.19. The lowest BCUT2D eigenvalue weighted by atomic mass is 10.2. The number of hydrogen-bond acceptors (Lipinski definition) is 2. The summed E-state index contributed by atoms with van der Waals surface area (Å²) in [4.78, 5) is 2.18. The molecular weight excluding hydrogens is 234 g/mol. The first-order valence-electron chi connectivity index (χ1n) is 6.80. The topological polar surface area (TPSA) is 20.2 Å². The number of rotatable bonds is 6. The van der Waals surface area contributed by atoms with Gasteiger partial charge in [0, 0.05) is 30.7 Å². The number of nitrogens with one attached hydrogen (secondary N) is 1. The second-order valence-electron chi connectivity index (χ2n) is 5.08. The van der Waals surface area contributed by atoms with Crippen LogP contribution >= 0.6 is 0 Å². The molecule has 0 radical (unpaired) electrons. The Kier molecular flexibility index (Phi) is 4.63. The van der Waals surface area contributed by atoms with Crippen LogP contribution in [0.25, 0.3) is 0 Å². The maximum Gasteiger partial charge on any atom is 0.0553 e. The fraction of sp³-hybridized carbons (Fsp3) is 0.375. The predicted molar refractivity (Wildman–Crippen MR) is 81.3 cm³/mol. The van der Waals surface area contributed by atoms with Crippen molar-refractivity contribution >= 4 is 5.69 Å². The van der Waals surface area contributed by atoms with Gasteiger partial charge in [-0.15, -0.1) is 0 Å². The molecule has 1 N–H and O–H groups in total. The van der Waals surface area contributed by atoms with Crippen molar-refractivity contribution in [1.82, 2.24) is 9.47 Å². The van der Waals surface area contributed by atoms with Gasteiger partial charge in [-0.25, -0.2) is 0 Å². The van der Waals surface area contributed by atoms with Crippen molar-refractivity contribution in [2.45, 2.75) is 26.6 Å². The Balaban J connectivity index is 1.99. The van der Waals surface area contributed by atoms with Crippen LogP contribution in [0.3, 0.4) is 0 Å². The molecule has 0 atom stereocenters. The van der Waals surface area contributed by atoms with Crippen molar-refractivity contribution in [2.75, 3.05) is 19.4 Å². The molecule has 0 unspecified atom stereocenters. The summed E-state index contributed by atoms with van der Waals surface area (Å²) < 4.78 is 2.26. The zero-order valence-corrected chi connectivity index (χ0v) is 12.1. The molecule has 0 amide bonds. The summed E-state index contributed by atoms with van der Waals surface area (Å²) in [7, 11) is 4.18. The van der Waals surface area contributed by atoms with Crippen molar-refractivity contribution in [2.24, 2.45) is 0 Å². The van der Waals surface area contributed by atoms with E-state index in [0.29, 0.717) is 0 Å². The molecule has 0 spiro atoms. The Morgan fingerprint density at radius 3 is 2.74 bits per heavy atom. The van der Waals surface area contributed by atoms with E-state index in [4.69, 9.17) is 0 Å². The molecule has 102 valence electrons. The predicted octanol–water partition coefficient (Wildman–Crippen LogP) is 3.18. The molecule has 2 rings (SSSR count). The molecule has 1 aromatic carbocycles. The highest BCUT2D eigenvalue weighted by Crippen LogP contribution is 2.13. The molecule has 0 aliphatic carbocycles. The highest BCUT2D eigenvalue weighted by atomic mass is 15.0.